The van der Waals surface area contributed by atoms with Crippen molar-refractivity contribution >= 4 is 45.6 Å². The van der Waals surface area contributed by atoms with Gasteiger partial charge in [0.15, 0.2) is 0 Å². The predicted octanol–water partition coefficient (Wildman–Crippen LogP) is 3.85. The van der Waals surface area contributed by atoms with E-state index in [9.17, 15) is 9.59 Å². The zero-order chi connectivity index (χ0) is 19.2. The molecule has 1 aliphatic rings. The van der Waals surface area contributed by atoms with Crippen LogP contribution in [-0.4, -0.2) is 33.7 Å². The lowest BCUT2D eigenvalue weighted by molar-refractivity contribution is -0.121. The second-order valence-corrected chi connectivity index (χ2v) is 8.33. The van der Waals surface area contributed by atoms with Crippen LogP contribution in [0.5, 0.6) is 5.75 Å². The summed E-state index contributed by atoms with van der Waals surface area (Å²) in [5, 5.41) is 5.99. The molecule has 1 aliphatic heterocycles. The number of aliphatic imine (C=N–C) groups is 1. The maximum Gasteiger partial charge on any atom is 0.260 e. The van der Waals surface area contributed by atoms with Crippen LogP contribution in [0.3, 0.4) is 0 Å². The zero-order valence-electron chi connectivity index (χ0n) is 15.2. The van der Waals surface area contributed by atoms with Crippen molar-refractivity contribution in [1.29, 1.82) is 0 Å². The number of carbonyl (C=O) groups is 2. The molecule has 8 heteroatoms. The number of benzene rings is 1. The average molecular weight is 404 g/mol. The van der Waals surface area contributed by atoms with Gasteiger partial charge in [-0.2, -0.15) is 0 Å². The minimum atomic E-state index is -0.482. The first-order valence-electron chi connectivity index (χ1n) is 8.76. The van der Waals surface area contributed by atoms with Gasteiger partial charge in [0, 0.05) is 23.9 Å². The monoisotopic (exact) mass is 403 g/mol. The van der Waals surface area contributed by atoms with Gasteiger partial charge < -0.3 is 10.1 Å². The minimum absolute atomic E-state index is 0.0789. The Labute approximate surface area is 166 Å². The first-order chi connectivity index (χ1) is 13.0. The van der Waals surface area contributed by atoms with E-state index in [0.717, 1.165) is 22.2 Å². The summed E-state index contributed by atoms with van der Waals surface area (Å²) in [6.07, 6.45) is 1.50. The molecule has 27 heavy (non-hydrogen) atoms. The van der Waals surface area contributed by atoms with Gasteiger partial charge in [-0.25, -0.2) is 9.98 Å². The van der Waals surface area contributed by atoms with Crippen molar-refractivity contribution in [3.63, 3.8) is 0 Å². The highest BCUT2D eigenvalue weighted by molar-refractivity contribution is 8.15. The molecule has 142 valence electrons. The summed E-state index contributed by atoms with van der Waals surface area (Å²) in [4.78, 5) is 33.1. The Balaban J connectivity index is 1.55. The van der Waals surface area contributed by atoms with Crippen LogP contribution in [0.25, 0.3) is 0 Å². The number of rotatable bonds is 8. The molecule has 0 bridgehead atoms. The van der Waals surface area contributed by atoms with E-state index < -0.39 is 5.25 Å². The number of thiazole rings is 1. The second-order valence-electron chi connectivity index (χ2n) is 6.11. The molecule has 0 saturated carbocycles. The average Bonchev–Trinajstić information content (AvgIpc) is 3.19. The van der Waals surface area contributed by atoms with E-state index in [1.807, 2.05) is 37.4 Å². The van der Waals surface area contributed by atoms with Crippen molar-refractivity contribution in [2.75, 3.05) is 11.9 Å². The molecule has 1 aromatic carbocycles. The molecule has 0 unspecified atom stereocenters. The van der Waals surface area contributed by atoms with Gasteiger partial charge in [0.2, 0.25) is 5.91 Å². The topological polar surface area (TPSA) is 80.7 Å². The molecule has 1 N–H and O–H groups in total. The summed E-state index contributed by atoms with van der Waals surface area (Å²) in [7, 11) is 0. The smallest absolute Gasteiger partial charge is 0.260 e. The minimum Gasteiger partial charge on any atom is -0.491 e. The third kappa shape index (κ3) is 5.40. The van der Waals surface area contributed by atoms with Crippen molar-refractivity contribution in [2.45, 2.75) is 38.4 Å². The molecule has 1 atom stereocenters. The molecule has 3 rings (SSSR count). The van der Waals surface area contributed by atoms with E-state index in [0.29, 0.717) is 24.5 Å². The molecule has 0 saturated heterocycles. The van der Waals surface area contributed by atoms with Crippen molar-refractivity contribution in [2.24, 2.45) is 4.99 Å². The molecular formula is C19H21N3O3S2. The number of hydrogen-bond acceptors (Lipinski definition) is 6. The number of amides is 2. The molecule has 6 nitrogen and oxygen atoms in total. The van der Waals surface area contributed by atoms with Crippen molar-refractivity contribution in [3.05, 3.63) is 40.3 Å². The Morgan fingerprint density at radius 3 is 2.89 bits per heavy atom. The number of aryl methyl sites for hydroxylation is 1. The lowest BCUT2D eigenvalue weighted by Gasteiger charge is -2.13. The van der Waals surface area contributed by atoms with Crippen LogP contribution >= 0.6 is 23.1 Å². The lowest BCUT2D eigenvalue weighted by Crippen LogP contribution is -2.21. The maximum absolute atomic E-state index is 12.4. The van der Waals surface area contributed by atoms with Crippen LogP contribution in [0, 0.1) is 6.92 Å². The second kappa shape index (κ2) is 9.14. The number of thioether (sulfide) groups is 1. The quantitative estimate of drug-likeness (QED) is 0.724. The van der Waals surface area contributed by atoms with Crippen LogP contribution in [0.1, 0.15) is 30.5 Å². The first kappa shape index (κ1) is 19.6. The van der Waals surface area contributed by atoms with Crippen molar-refractivity contribution in [3.8, 4) is 5.75 Å². The van der Waals surface area contributed by atoms with Crippen LogP contribution in [-0.2, 0) is 16.0 Å². The SMILES string of the molecule is CCCOc1ccccc1NC(=O)C[C@@H]1SC(Cc2nc(C)cs2)=NC1=O. The Morgan fingerprint density at radius 1 is 1.33 bits per heavy atom. The van der Waals surface area contributed by atoms with Crippen LogP contribution in [0.15, 0.2) is 34.6 Å². The summed E-state index contributed by atoms with van der Waals surface area (Å²) in [6.45, 7) is 4.54. The summed E-state index contributed by atoms with van der Waals surface area (Å²) >= 11 is 2.91. The van der Waals surface area contributed by atoms with Gasteiger partial charge >= 0.3 is 0 Å². The van der Waals surface area contributed by atoms with Gasteiger partial charge in [-0.3, -0.25) is 9.59 Å². The standard InChI is InChI=1S/C19H21N3O3S2/c1-3-8-25-14-7-5-4-6-13(14)21-16(23)9-15-19(24)22-18(27-15)10-17-20-12(2)11-26-17/h4-7,11,15H,3,8-10H2,1-2H3,(H,21,23)/t15-/m0/s1. The highest BCUT2D eigenvalue weighted by atomic mass is 32.2. The highest BCUT2D eigenvalue weighted by Gasteiger charge is 2.30. The molecule has 2 amide bonds. The van der Waals surface area contributed by atoms with E-state index in [-0.39, 0.29) is 18.2 Å². The zero-order valence-corrected chi connectivity index (χ0v) is 16.9. The Bertz CT molecular complexity index is 863. The highest BCUT2D eigenvalue weighted by Crippen LogP contribution is 2.29. The maximum atomic E-state index is 12.4. The fourth-order valence-corrected chi connectivity index (χ4v) is 4.48. The lowest BCUT2D eigenvalue weighted by atomic mass is 10.2. The van der Waals surface area contributed by atoms with Gasteiger partial charge in [-0.15, -0.1) is 11.3 Å². The third-order valence-corrected chi connectivity index (χ3v) is 5.88. The van der Waals surface area contributed by atoms with Gasteiger partial charge in [-0.05, 0) is 25.5 Å². The van der Waals surface area contributed by atoms with Gasteiger partial charge in [-0.1, -0.05) is 30.8 Å². The van der Waals surface area contributed by atoms with Crippen molar-refractivity contribution in [1.82, 2.24) is 4.98 Å². The molecule has 0 aliphatic carbocycles. The molecule has 2 heterocycles. The Hall–Kier alpha value is -2.19. The Morgan fingerprint density at radius 2 is 2.15 bits per heavy atom. The summed E-state index contributed by atoms with van der Waals surface area (Å²) < 4.78 is 5.65. The number of para-hydroxylation sites is 2. The largest absolute Gasteiger partial charge is 0.491 e. The fourth-order valence-electron chi connectivity index (χ4n) is 2.54. The van der Waals surface area contributed by atoms with E-state index >= 15 is 0 Å². The molecule has 2 aromatic rings. The normalized spacial score (nSPS) is 16.3. The molecule has 0 fully saturated rings. The number of ether oxygens (including phenoxy) is 1. The summed E-state index contributed by atoms with van der Waals surface area (Å²) in [6, 6.07) is 7.30. The van der Waals surface area contributed by atoms with E-state index in [2.05, 4.69) is 15.3 Å². The third-order valence-electron chi connectivity index (χ3n) is 3.75. The van der Waals surface area contributed by atoms with Crippen LogP contribution in [0.2, 0.25) is 0 Å². The molecule has 0 spiro atoms. The van der Waals surface area contributed by atoms with Crippen LogP contribution < -0.4 is 10.1 Å². The first-order valence-corrected chi connectivity index (χ1v) is 10.5. The van der Waals surface area contributed by atoms with Crippen molar-refractivity contribution < 1.29 is 14.3 Å². The number of nitrogens with one attached hydrogen (secondary N) is 1. The number of aromatic nitrogens is 1. The molecule has 0 radical (unpaired) electrons. The Kier molecular flexibility index (Phi) is 6.63. The van der Waals surface area contributed by atoms with Gasteiger partial charge in [0.1, 0.15) is 11.0 Å². The number of anilines is 1. The van der Waals surface area contributed by atoms with Gasteiger partial charge in [0.05, 0.1) is 22.3 Å². The summed E-state index contributed by atoms with van der Waals surface area (Å²) in [5.41, 5.74) is 1.58. The molecule has 1 aromatic heterocycles. The molecular weight excluding hydrogens is 382 g/mol. The van der Waals surface area contributed by atoms with E-state index in [1.54, 1.807) is 17.4 Å². The van der Waals surface area contributed by atoms with E-state index in [4.69, 9.17) is 4.74 Å². The van der Waals surface area contributed by atoms with Crippen LogP contribution in [0.4, 0.5) is 5.69 Å². The predicted molar refractivity (Wildman–Crippen MR) is 110 cm³/mol. The summed E-state index contributed by atoms with van der Waals surface area (Å²) in [5.74, 6) is 0.151. The number of carbonyl (C=O) groups excluding carboxylic acids is 2. The van der Waals surface area contributed by atoms with E-state index in [1.165, 1.54) is 11.8 Å². The fraction of sp³-hybridized carbons (Fsp3) is 0.368. The number of nitrogens with zero attached hydrogens (tertiary/aromatic N) is 2. The van der Waals surface area contributed by atoms with Gasteiger partial charge in [0.25, 0.3) is 5.91 Å². The number of hydrogen-bond donors (Lipinski definition) is 1.